The van der Waals surface area contributed by atoms with E-state index in [-0.39, 0.29) is 42.7 Å². The lowest BCUT2D eigenvalue weighted by molar-refractivity contribution is -0.887. The molecule has 0 aromatic carbocycles. The average Bonchev–Trinajstić information content (AvgIpc) is 3.06. The molecule has 0 spiro atoms. The third-order valence-electron chi connectivity index (χ3n) is 7.54. The second-order valence-electron chi connectivity index (χ2n) is 13.1. The molecule has 0 rings (SSSR count). The summed E-state index contributed by atoms with van der Waals surface area (Å²) in [6, 6.07) is -0.632. The highest BCUT2D eigenvalue weighted by Gasteiger charge is 2.31. The minimum atomic E-state index is -0.894. The molecule has 0 radical (unpaired) electrons. The van der Waals surface area contributed by atoms with Crippen molar-refractivity contribution < 1.29 is 38.2 Å². The molecule has 0 saturated carbocycles. The normalized spacial score (nSPS) is 14.0. The molecule has 0 aliphatic rings. The standard InChI is InChI=1S/C42H67NO7/c1-6-8-10-12-14-16-17-18-19-20-21-22-23-25-27-29-31-33-41(45)50-38(36-48-35-34-39(42(46)47)43(3,4)5)37-49-40(44)32-30-28-26-24-15-13-11-9-7-2/h8-11,14-16,18-19,21-22,24-25,27,38-39H,6-7,12-13,17,20,23,26,28-37H2,1-5H3/p+1/b10-8+,11-9+,16-14+,19-18+,22-21+,24-15+,27-25+. The van der Waals surface area contributed by atoms with Gasteiger partial charge in [0.15, 0.2) is 12.1 Å². The van der Waals surface area contributed by atoms with Crippen LogP contribution in [0, 0.1) is 0 Å². The quantitative estimate of drug-likeness (QED) is 0.0333. The number of carbonyl (C=O) groups excluding carboxylic acids is 2. The van der Waals surface area contributed by atoms with Gasteiger partial charge in [-0.15, -0.1) is 0 Å². The number of nitrogens with zero attached hydrogens (tertiary/aromatic N) is 1. The maximum absolute atomic E-state index is 12.6. The number of allylic oxidation sites excluding steroid dienone is 14. The van der Waals surface area contributed by atoms with E-state index in [2.05, 4.69) is 98.9 Å². The van der Waals surface area contributed by atoms with Crippen LogP contribution < -0.4 is 0 Å². The monoisotopic (exact) mass is 698 g/mol. The highest BCUT2D eigenvalue weighted by atomic mass is 16.6. The Hall–Kier alpha value is -3.49. The number of carboxylic acid groups (broad SMARTS) is 1. The molecule has 0 bridgehead atoms. The number of ether oxygens (including phenoxy) is 3. The van der Waals surface area contributed by atoms with Gasteiger partial charge in [0.05, 0.1) is 34.4 Å². The van der Waals surface area contributed by atoms with E-state index in [0.717, 1.165) is 64.2 Å². The summed E-state index contributed by atoms with van der Waals surface area (Å²) in [5.74, 6) is -1.61. The van der Waals surface area contributed by atoms with Gasteiger partial charge in [-0.3, -0.25) is 9.59 Å². The molecule has 1 N–H and O–H groups in total. The van der Waals surface area contributed by atoms with Crippen molar-refractivity contribution in [3.8, 4) is 0 Å². The first-order valence-electron chi connectivity index (χ1n) is 18.6. The van der Waals surface area contributed by atoms with Crippen LogP contribution in [0.2, 0.25) is 0 Å². The van der Waals surface area contributed by atoms with Crippen molar-refractivity contribution in [2.24, 2.45) is 0 Å². The van der Waals surface area contributed by atoms with Crippen molar-refractivity contribution in [1.29, 1.82) is 0 Å². The van der Waals surface area contributed by atoms with Gasteiger partial charge >= 0.3 is 17.9 Å². The topological polar surface area (TPSA) is 99.1 Å². The van der Waals surface area contributed by atoms with Crippen LogP contribution in [0.3, 0.4) is 0 Å². The lowest BCUT2D eigenvalue weighted by Crippen LogP contribution is -2.50. The minimum Gasteiger partial charge on any atom is -0.477 e. The number of aliphatic carboxylic acids is 1. The van der Waals surface area contributed by atoms with Crippen molar-refractivity contribution in [2.75, 3.05) is 41.0 Å². The zero-order valence-electron chi connectivity index (χ0n) is 31.8. The fourth-order valence-corrected chi connectivity index (χ4v) is 4.69. The molecule has 0 fully saturated rings. The van der Waals surface area contributed by atoms with E-state index in [1.54, 1.807) is 0 Å². The molecule has 0 saturated heterocycles. The number of hydrogen-bond acceptors (Lipinski definition) is 6. The van der Waals surface area contributed by atoms with Gasteiger partial charge in [-0.2, -0.15) is 0 Å². The van der Waals surface area contributed by atoms with E-state index in [1.165, 1.54) is 0 Å². The van der Waals surface area contributed by atoms with Gasteiger partial charge in [-0.25, -0.2) is 4.79 Å². The first-order chi connectivity index (χ1) is 24.1. The molecule has 0 heterocycles. The smallest absolute Gasteiger partial charge is 0.362 e. The second kappa shape index (κ2) is 32.7. The molecule has 0 aliphatic heterocycles. The zero-order chi connectivity index (χ0) is 37.1. The SMILES string of the molecule is CC/C=C/C/C=C/C/C=C/C/C=C/C/C=C/CCCC(=O)OC(COCCC(C(=O)O)[N+](C)(C)C)COC(=O)CCCC/C=C/C/C=C/CC. The summed E-state index contributed by atoms with van der Waals surface area (Å²) in [6.07, 6.45) is 40.8. The zero-order valence-corrected chi connectivity index (χ0v) is 31.8. The number of quaternary nitrogens is 1. The molecule has 0 aliphatic carbocycles. The summed E-state index contributed by atoms with van der Waals surface area (Å²) >= 11 is 0. The fourth-order valence-electron chi connectivity index (χ4n) is 4.69. The molecule has 2 atom stereocenters. The number of unbranched alkanes of at least 4 members (excludes halogenated alkanes) is 3. The van der Waals surface area contributed by atoms with Gasteiger partial charge in [0.25, 0.3) is 0 Å². The number of carbonyl (C=O) groups is 3. The molecule has 0 amide bonds. The van der Waals surface area contributed by atoms with E-state index in [9.17, 15) is 19.5 Å². The number of hydrogen-bond donors (Lipinski definition) is 1. The largest absolute Gasteiger partial charge is 0.477 e. The molecule has 282 valence electrons. The molecule has 2 unspecified atom stereocenters. The van der Waals surface area contributed by atoms with Crippen LogP contribution in [0.5, 0.6) is 0 Å². The summed E-state index contributed by atoms with van der Waals surface area (Å²) < 4.78 is 17.0. The van der Waals surface area contributed by atoms with Gasteiger partial charge in [0, 0.05) is 19.3 Å². The van der Waals surface area contributed by atoms with Crippen LogP contribution in [-0.2, 0) is 28.6 Å². The number of esters is 2. The molecule has 0 aromatic heterocycles. The van der Waals surface area contributed by atoms with E-state index < -0.39 is 18.1 Å². The Balaban J connectivity index is 4.58. The average molecular weight is 699 g/mol. The van der Waals surface area contributed by atoms with Crippen LogP contribution in [0.4, 0.5) is 0 Å². The molecule has 0 aromatic rings. The number of carboxylic acids is 1. The Morgan fingerprint density at radius 1 is 0.600 bits per heavy atom. The Bertz CT molecular complexity index is 1090. The fraction of sp³-hybridized carbons (Fsp3) is 0.595. The summed E-state index contributed by atoms with van der Waals surface area (Å²) in [6.45, 7) is 4.35. The van der Waals surface area contributed by atoms with Crippen LogP contribution in [0.25, 0.3) is 0 Å². The van der Waals surface area contributed by atoms with Crippen molar-refractivity contribution in [3.05, 3.63) is 85.1 Å². The highest BCUT2D eigenvalue weighted by Crippen LogP contribution is 2.10. The number of rotatable bonds is 31. The highest BCUT2D eigenvalue weighted by molar-refractivity contribution is 5.72. The Labute approximate surface area is 303 Å². The van der Waals surface area contributed by atoms with Crippen molar-refractivity contribution in [1.82, 2.24) is 0 Å². The van der Waals surface area contributed by atoms with Crippen LogP contribution >= 0.6 is 0 Å². The van der Waals surface area contributed by atoms with Gasteiger partial charge in [-0.1, -0.05) is 98.9 Å². The van der Waals surface area contributed by atoms with E-state index in [4.69, 9.17) is 14.2 Å². The van der Waals surface area contributed by atoms with Gasteiger partial charge in [0.2, 0.25) is 0 Å². The molecule has 8 nitrogen and oxygen atoms in total. The second-order valence-corrected chi connectivity index (χ2v) is 13.1. The summed E-state index contributed by atoms with van der Waals surface area (Å²) in [5.41, 5.74) is 0. The predicted molar refractivity (Wildman–Crippen MR) is 206 cm³/mol. The third-order valence-corrected chi connectivity index (χ3v) is 7.54. The maximum Gasteiger partial charge on any atom is 0.362 e. The Kier molecular flexibility index (Phi) is 30.4. The minimum absolute atomic E-state index is 0.0224. The maximum atomic E-state index is 12.6. The van der Waals surface area contributed by atoms with Crippen LogP contribution in [0.15, 0.2) is 85.1 Å². The summed E-state index contributed by atoms with van der Waals surface area (Å²) in [7, 11) is 5.47. The van der Waals surface area contributed by atoms with Crippen molar-refractivity contribution in [3.63, 3.8) is 0 Å². The number of likely N-dealkylation sites (N-methyl/N-ethyl adjacent to an activating group) is 1. The van der Waals surface area contributed by atoms with E-state index in [0.29, 0.717) is 25.7 Å². The third kappa shape index (κ3) is 30.6. The van der Waals surface area contributed by atoms with Crippen molar-refractivity contribution in [2.45, 2.75) is 122 Å². The van der Waals surface area contributed by atoms with E-state index >= 15 is 0 Å². The molecular weight excluding hydrogens is 630 g/mol. The van der Waals surface area contributed by atoms with Gasteiger partial charge in [-0.05, 0) is 77.0 Å². The lowest BCUT2D eigenvalue weighted by Gasteiger charge is -2.31. The van der Waals surface area contributed by atoms with Crippen LogP contribution in [0.1, 0.15) is 110 Å². The molecule has 50 heavy (non-hydrogen) atoms. The first-order valence-corrected chi connectivity index (χ1v) is 18.6. The van der Waals surface area contributed by atoms with Gasteiger partial charge in [0.1, 0.15) is 6.61 Å². The first kappa shape index (κ1) is 46.5. The lowest BCUT2D eigenvalue weighted by atomic mass is 10.1. The Morgan fingerprint density at radius 3 is 1.54 bits per heavy atom. The van der Waals surface area contributed by atoms with Gasteiger partial charge < -0.3 is 23.8 Å². The van der Waals surface area contributed by atoms with E-state index in [1.807, 2.05) is 21.1 Å². The Morgan fingerprint density at radius 2 is 1.06 bits per heavy atom. The predicted octanol–water partition coefficient (Wildman–Crippen LogP) is 9.40. The molecule has 8 heteroatoms. The summed E-state index contributed by atoms with van der Waals surface area (Å²) in [5, 5.41) is 9.57. The summed E-state index contributed by atoms with van der Waals surface area (Å²) in [4.78, 5) is 36.7. The van der Waals surface area contributed by atoms with Crippen LogP contribution in [-0.4, -0.2) is 80.6 Å². The molecular formula is C42H68NO7+. The van der Waals surface area contributed by atoms with Crippen molar-refractivity contribution >= 4 is 17.9 Å².